The predicted molar refractivity (Wildman–Crippen MR) is 106 cm³/mol. The van der Waals surface area contributed by atoms with Crippen molar-refractivity contribution >= 4 is 10.8 Å². The fourth-order valence-corrected chi connectivity index (χ4v) is 3.88. The molecule has 2 aromatic carbocycles. The van der Waals surface area contributed by atoms with Crippen molar-refractivity contribution < 1.29 is 0 Å². The minimum Gasteiger partial charge on any atom is -0.312 e. The molecule has 0 radical (unpaired) electrons. The number of nitrogens with zero attached hydrogens (tertiary/aromatic N) is 4. The second-order valence-electron chi connectivity index (χ2n) is 7.23. The monoisotopic (exact) mass is 355 g/mol. The molecule has 4 aromatic rings. The number of pyridine rings is 1. The van der Waals surface area contributed by atoms with Crippen molar-refractivity contribution in [3.05, 3.63) is 78.2 Å². The molecule has 0 saturated heterocycles. The summed E-state index contributed by atoms with van der Waals surface area (Å²) in [5.41, 5.74) is 4.85. The molecule has 1 atom stereocenters. The molecular weight excluding hydrogens is 334 g/mol. The number of aromatic nitrogens is 4. The van der Waals surface area contributed by atoms with Gasteiger partial charge in [-0.3, -0.25) is 9.67 Å². The molecule has 5 nitrogen and oxygen atoms in total. The van der Waals surface area contributed by atoms with E-state index in [1.165, 1.54) is 16.5 Å². The maximum atomic E-state index is 4.40. The molecule has 0 fully saturated rings. The number of fused-ring (bicyclic) bond motifs is 2. The first-order valence-electron chi connectivity index (χ1n) is 9.37. The van der Waals surface area contributed by atoms with Gasteiger partial charge < -0.3 is 5.32 Å². The van der Waals surface area contributed by atoms with Crippen LogP contribution in [-0.2, 0) is 19.5 Å². The Hall–Kier alpha value is -3.05. The van der Waals surface area contributed by atoms with E-state index in [1.807, 2.05) is 23.1 Å². The first-order chi connectivity index (χ1) is 13.3. The lowest BCUT2D eigenvalue weighted by Gasteiger charge is -2.14. The highest BCUT2D eigenvalue weighted by molar-refractivity contribution is 5.85. The molecule has 27 heavy (non-hydrogen) atoms. The summed E-state index contributed by atoms with van der Waals surface area (Å²) >= 11 is 0. The fourth-order valence-electron chi connectivity index (χ4n) is 3.88. The Morgan fingerprint density at radius 2 is 1.96 bits per heavy atom. The molecule has 0 spiro atoms. The van der Waals surface area contributed by atoms with E-state index in [4.69, 9.17) is 0 Å². The quantitative estimate of drug-likeness (QED) is 0.611. The van der Waals surface area contributed by atoms with Gasteiger partial charge in [0.05, 0.1) is 6.20 Å². The third-order valence-corrected chi connectivity index (χ3v) is 5.30. The first kappa shape index (κ1) is 16.1. The van der Waals surface area contributed by atoms with Crippen molar-refractivity contribution in [3.8, 4) is 11.3 Å². The maximum absolute atomic E-state index is 4.40. The summed E-state index contributed by atoms with van der Waals surface area (Å²) < 4.78 is 1.98. The molecule has 5 heteroatoms. The number of nitrogens with one attached hydrogen (secondary N) is 1. The van der Waals surface area contributed by atoms with Crippen LogP contribution in [0.1, 0.15) is 11.1 Å². The average molecular weight is 355 g/mol. The molecule has 3 heterocycles. The van der Waals surface area contributed by atoms with Crippen LogP contribution >= 0.6 is 0 Å². The molecule has 134 valence electrons. The van der Waals surface area contributed by atoms with Gasteiger partial charge in [-0.05, 0) is 41.0 Å². The SMILES string of the molecule is c1ccc2c(c1)CNCC(Cn1cc(-c3ccc4cnccc4c3)nn1)C2. The van der Waals surface area contributed by atoms with Gasteiger partial charge in [-0.2, -0.15) is 0 Å². The Labute approximate surface area is 158 Å². The van der Waals surface area contributed by atoms with Crippen molar-refractivity contribution in [2.75, 3.05) is 6.54 Å². The third kappa shape index (κ3) is 3.34. The summed E-state index contributed by atoms with van der Waals surface area (Å²) in [6, 6.07) is 17.0. The summed E-state index contributed by atoms with van der Waals surface area (Å²) in [4.78, 5) is 4.17. The van der Waals surface area contributed by atoms with E-state index in [9.17, 15) is 0 Å². The molecule has 0 saturated carbocycles. The zero-order valence-electron chi connectivity index (χ0n) is 15.0. The van der Waals surface area contributed by atoms with Crippen LogP contribution in [0.25, 0.3) is 22.0 Å². The zero-order valence-corrected chi connectivity index (χ0v) is 15.0. The summed E-state index contributed by atoms with van der Waals surface area (Å²) in [7, 11) is 0. The number of rotatable bonds is 3. The van der Waals surface area contributed by atoms with Crippen molar-refractivity contribution in [3.63, 3.8) is 0 Å². The first-order valence-corrected chi connectivity index (χ1v) is 9.37. The van der Waals surface area contributed by atoms with Gasteiger partial charge in [0.1, 0.15) is 5.69 Å². The highest BCUT2D eigenvalue weighted by Gasteiger charge is 2.17. The summed E-state index contributed by atoms with van der Waals surface area (Å²) in [5.74, 6) is 0.505. The van der Waals surface area contributed by atoms with Gasteiger partial charge >= 0.3 is 0 Å². The predicted octanol–water partition coefficient (Wildman–Crippen LogP) is 3.46. The molecule has 0 bridgehead atoms. The highest BCUT2D eigenvalue weighted by Crippen LogP contribution is 2.23. The van der Waals surface area contributed by atoms with Gasteiger partial charge in [0.15, 0.2) is 0 Å². The van der Waals surface area contributed by atoms with E-state index in [1.54, 1.807) is 0 Å². The average Bonchev–Trinajstić information content (AvgIpc) is 3.07. The standard InChI is InChI=1S/C22H21N5/c1-2-4-20-13-24-11-16(9-17(20)3-1)14-27-15-22(25-26-27)19-5-6-21-12-23-8-7-18(21)10-19/h1-8,10,12,15-16,24H,9,11,13-14H2. The van der Waals surface area contributed by atoms with Gasteiger partial charge in [-0.15, -0.1) is 5.10 Å². The Kier molecular flexibility index (Phi) is 4.14. The fraction of sp³-hybridized carbons (Fsp3) is 0.227. The lowest BCUT2D eigenvalue weighted by molar-refractivity contribution is 0.396. The molecule has 0 amide bonds. The molecule has 0 aliphatic carbocycles. The van der Waals surface area contributed by atoms with Crippen molar-refractivity contribution in [2.24, 2.45) is 5.92 Å². The maximum Gasteiger partial charge on any atom is 0.113 e. The highest BCUT2D eigenvalue weighted by atomic mass is 15.4. The molecule has 1 unspecified atom stereocenters. The van der Waals surface area contributed by atoms with Gasteiger partial charge in [0.2, 0.25) is 0 Å². The zero-order chi connectivity index (χ0) is 18.1. The van der Waals surface area contributed by atoms with Gasteiger partial charge in [0.25, 0.3) is 0 Å². The lowest BCUT2D eigenvalue weighted by atomic mass is 9.97. The van der Waals surface area contributed by atoms with E-state index in [2.05, 4.69) is 69.3 Å². The topological polar surface area (TPSA) is 55.6 Å². The summed E-state index contributed by atoms with van der Waals surface area (Å²) in [5, 5.41) is 14.7. The van der Waals surface area contributed by atoms with Crippen LogP contribution in [0.4, 0.5) is 0 Å². The lowest BCUT2D eigenvalue weighted by Crippen LogP contribution is -2.24. The molecular formula is C22H21N5. The Morgan fingerprint density at radius 1 is 1.04 bits per heavy atom. The van der Waals surface area contributed by atoms with E-state index < -0.39 is 0 Å². The normalized spacial score (nSPS) is 16.8. The minimum atomic E-state index is 0.505. The molecule has 2 aromatic heterocycles. The van der Waals surface area contributed by atoms with Crippen LogP contribution in [-0.4, -0.2) is 26.5 Å². The summed E-state index contributed by atoms with van der Waals surface area (Å²) in [6.45, 7) is 2.81. The van der Waals surface area contributed by atoms with Crippen LogP contribution in [0, 0.1) is 5.92 Å². The van der Waals surface area contributed by atoms with E-state index in [-0.39, 0.29) is 0 Å². The van der Waals surface area contributed by atoms with Crippen LogP contribution in [0.5, 0.6) is 0 Å². The number of hydrogen-bond donors (Lipinski definition) is 1. The van der Waals surface area contributed by atoms with E-state index >= 15 is 0 Å². The molecule has 1 N–H and O–H groups in total. The number of benzene rings is 2. The van der Waals surface area contributed by atoms with Crippen LogP contribution in [0.3, 0.4) is 0 Å². The Balaban J connectivity index is 1.36. The summed E-state index contributed by atoms with van der Waals surface area (Å²) in [6.07, 6.45) is 6.83. The van der Waals surface area contributed by atoms with Crippen molar-refractivity contribution in [1.29, 1.82) is 0 Å². The van der Waals surface area contributed by atoms with E-state index in [0.717, 1.165) is 42.7 Å². The molecule has 1 aliphatic heterocycles. The molecule has 5 rings (SSSR count). The van der Waals surface area contributed by atoms with Gasteiger partial charge in [-0.25, -0.2) is 0 Å². The van der Waals surface area contributed by atoms with Gasteiger partial charge in [-0.1, -0.05) is 41.6 Å². The largest absolute Gasteiger partial charge is 0.312 e. The van der Waals surface area contributed by atoms with Crippen molar-refractivity contribution in [1.82, 2.24) is 25.3 Å². The Morgan fingerprint density at radius 3 is 2.93 bits per heavy atom. The second-order valence-corrected chi connectivity index (χ2v) is 7.23. The van der Waals surface area contributed by atoms with Crippen molar-refractivity contribution in [2.45, 2.75) is 19.5 Å². The smallest absolute Gasteiger partial charge is 0.113 e. The third-order valence-electron chi connectivity index (χ3n) is 5.30. The van der Waals surface area contributed by atoms with Gasteiger partial charge in [0, 0.05) is 43.0 Å². The van der Waals surface area contributed by atoms with Crippen LogP contribution in [0.2, 0.25) is 0 Å². The minimum absolute atomic E-state index is 0.505. The Bertz CT molecular complexity index is 1080. The molecule has 1 aliphatic rings. The number of hydrogen-bond acceptors (Lipinski definition) is 4. The second kappa shape index (κ2) is 6.93. The van der Waals surface area contributed by atoms with Crippen LogP contribution in [0.15, 0.2) is 67.1 Å². The van der Waals surface area contributed by atoms with Crippen LogP contribution < -0.4 is 5.32 Å². The van der Waals surface area contributed by atoms with E-state index in [0.29, 0.717) is 5.92 Å².